The highest BCUT2D eigenvalue weighted by Gasteiger charge is 2.29. The number of pyridine rings is 1. The number of carbonyl (C=O) groups is 2. The van der Waals surface area contributed by atoms with Crippen molar-refractivity contribution in [3.63, 3.8) is 0 Å². The average molecular weight is 412 g/mol. The predicted octanol–water partition coefficient (Wildman–Crippen LogP) is 2.09. The Bertz CT molecular complexity index is 890. The van der Waals surface area contributed by atoms with Crippen LogP contribution < -0.4 is 15.4 Å². The summed E-state index contributed by atoms with van der Waals surface area (Å²) in [6, 6.07) is 5.81. The molecule has 2 N–H and O–H groups in total. The molecule has 0 aliphatic heterocycles. The lowest BCUT2D eigenvalue weighted by atomic mass is 10.1. The van der Waals surface area contributed by atoms with Gasteiger partial charge in [0.2, 0.25) is 0 Å². The van der Waals surface area contributed by atoms with Gasteiger partial charge >= 0.3 is 6.18 Å². The van der Waals surface area contributed by atoms with Crippen LogP contribution in [0.5, 0.6) is 5.75 Å². The van der Waals surface area contributed by atoms with E-state index < -0.39 is 40.8 Å². The SMILES string of the molecule is O=C(NCCNC(=O)c1cc(OCC(F)(F)F)ccc1[N+](=O)[O-])c1cccnc1. The number of rotatable bonds is 8. The Morgan fingerprint density at radius 2 is 1.83 bits per heavy atom. The van der Waals surface area contributed by atoms with Gasteiger partial charge < -0.3 is 15.4 Å². The number of nitro groups is 1. The third kappa shape index (κ3) is 6.75. The Morgan fingerprint density at radius 1 is 1.14 bits per heavy atom. The van der Waals surface area contributed by atoms with E-state index in [4.69, 9.17) is 0 Å². The number of halogens is 3. The smallest absolute Gasteiger partial charge is 0.422 e. The number of ether oxygens (including phenoxy) is 1. The highest BCUT2D eigenvalue weighted by molar-refractivity contribution is 5.98. The zero-order valence-electron chi connectivity index (χ0n) is 14.7. The first kappa shape index (κ1) is 21.6. The molecule has 1 aromatic heterocycles. The molecule has 0 atom stereocenters. The third-order valence-corrected chi connectivity index (χ3v) is 3.43. The number of alkyl halides is 3. The molecule has 2 rings (SSSR count). The van der Waals surface area contributed by atoms with Gasteiger partial charge in [-0.3, -0.25) is 24.7 Å². The maximum Gasteiger partial charge on any atom is 0.422 e. The van der Waals surface area contributed by atoms with Crippen molar-refractivity contribution in [3.8, 4) is 5.75 Å². The van der Waals surface area contributed by atoms with E-state index in [1.165, 1.54) is 18.5 Å². The van der Waals surface area contributed by atoms with E-state index in [1.54, 1.807) is 6.07 Å². The summed E-state index contributed by atoms with van der Waals surface area (Å²) in [5.41, 5.74) is -0.751. The van der Waals surface area contributed by atoms with E-state index in [1.807, 2.05) is 0 Å². The Morgan fingerprint density at radius 3 is 2.41 bits per heavy atom. The first-order valence-electron chi connectivity index (χ1n) is 8.12. The zero-order valence-corrected chi connectivity index (χ0v) is 14.7. The van der Waals surface area contributed by atoms with Crippen LogP contribution in [-0.4, -0.2) is 47.6 Å². The van der Waals surface area contributed by atoms with E-state index in [0.717, 1.165) is 18.2 Å². The summed E-state index contributed by atoms with van der Waals surface area (Å²) in [5.74, 6) is -1.67. The van der Waals surface area contributed by atoms with Crippen molar-refractivity contribution in [1.82, 2.24) is 15.6 Å². The molecule has 0 saturated carbocycles. The summed E-state index contributed by atoms with van der Waals surface area (Å²) in [5, 5.41) is 15.9. The molecule has 0 bridgehead atoms. The van der Waals surface area contributed by atoms with Gasteiger partial charge in [0.1, 0.15) is 11.3 Å². The van der Waals surface area contributed by atoms with Gasteiger partial charge in [-0.2, -0.15) is 13.2 Å². The van der Waals surface area contributed by atoms with Gasteiger partial charge in [-0.25, -0.2) is 0 Å². The quantitative estimate of drug-likeness (QED) is 0.389. The van der Waals surface area contributed by atoms with Gasteiger partial charge in [-0.15, -0.1) is 0 Å². The Hall–Kier alpha value is -3.70. The van der Waals surface area contributed by atoms with Crippen LogP contribution in [0.2, 0.25) is 0 Å². The number of aromatic nitrogens is 1. The standard InChI is InChI=1S/C17H15F3N4O5/c18-17(19,20)10-29-12-3-4-14(24(27)28)13(8-12)16(26)23-7-6-22-15(25)11-2-1-5-21-9-11/h1-5,8-9H,6-7,10H2,(H,22,25)(H,23,26). The van der Waals surface area contributed by atoms with Crippen LogP contribution >= 0.6 is 0 Å². The number of nitrogens with one attached hydrogen (secondary N) is 2. The number of carbonyl (C=O) groups excluding carboxylic acids is 2. The second-order valence-corrected chi connectivity index (χ2v) is 5.59. The molecule has 0 aliphatic carbocycles. The average Bonchev–Trinajstić information content (AvgIpc) is 2.69. The topological polar surface area (TPSA) is 123 Å². The first-order valence-corrected chi connectivity index (χ1v) is 8.12. The Kier molecular flexibility index (Phi) is 7.06. The predicted molar refractivity (Wildman–Crippen MR) is 93.5 cm³/mol. The summed E-state index contributed by atoms with van der Waals surface area (Å²) >= 11 is 0. The summed E-state index contributed by atoms with van der Waals surface area (Å²) in [6.45, 7) is -1.67. The summed E-state index contributed by atoms with van der Waals surface area (Å²) in [7, 11) is 0. The molecule has 1 aromatic carbocycles. The molecule has 0 fully saturated rings. The second kappa shape index (κ2) is 9.48. The van der Waals surface area contributed by atoms with E-state index in [0.29, 0.717) is 5.56 Å². The van der Waals surface area contributed by atoms with E-state index in [-0.39, 0.29) is 18.8 Å². The van der Waals surface area contributed by atoms with Crippen molar-refractivity contribution < 1.29 is 32.4 Å². The fourth-order valence-electron chi connectivity index (χ4n) is 2.16. The molecule has 9 nitrogen and oxygen atoms in total. The number of hydrogen-bond donors (Lipinski definition) is 2. The van der Waals surface area contributed by atoms with Crippen LogP contribution in [0.4, 0.5) is 18.9 Å². The number of amides is 2. The molecule has 0 unspecified atom stereocenters. The molecule has 29 heavy (non-hydrogen) atoms. The van der Waals surface area contributed by atoms with E-state index in [2.05, 4.69) is 20.4 Å². The third-order valence-electron chi connectivity index (χ3n) is 3.43. The fourth-order valence-corrected chi connectivity index (χ4v) is 2.16. The monoisotopic (exact) mass is 412 g/mol. The van der Waals surface area contributed by atoms with Crippen LogP contribution in [0.1, 0.15) is 20.7 Å². The number of benzene rings is 1. The summed E-state index contributed by atoms with van der Waals surface area (Å²) in [4.78, 5) is 38.1. The molecule has 1 heterocycles. The van der Waals surface area contributed by atoms with Gasteiger partial charge in [-0.05, 0) is 24.3 Å². The van der Waals surface area contributed by atoms with Crippen molar-refractivity contribution in [2.45, 2.75) is 6.18 Å². The number of nitrogens with zero attached hydrogens (tertiary/aromatic N) is 2. The largest absolute Gasteiger partial charge is 0.484 e. The van der Waals surface area contributed by atoms with E-state index in [9.17, 15) is 32.9 Å². The highest BCUT2D eigenvalue weighted by Crippen LogP contribution is 2.25. The number of hydrogen-bond acceptors (Lipinski definition) is 6. The summed E-state index contributed by atoms with van der Waals surface area (Å²) < 4.78 is 41.3. The molecular formula is C17H15F3N4O5. The minimum absolute atomic E-state index is 0.0114. The lowest BCUT2D eigenvalue weighted by Gasteiger charge is -2.11. The van der Waals surface area contributed by atoms with Gasteiger partial charge in [0.15, 0.2) is 6.61 Å². The van der Waals surface area contributed by atoms with Crippen LogP contribution in [0.25, 0.3) is 0 Å². The van der Waals surface area contributed by atoms with E-state index >= 15 is 0 Å². The normalized spacial score (nSPS) is 10.9. The maximum absolute atomic E-state index is 12.3. The van der Waals surface area contributed by atoms with Crippen LogP contribution in [-0.2, 0) is 0 Å². The molecule has 2 aromatic rings. The van der Waals surface area contributed by atoms with Crippen molar-refractivity contribution in [3.05, 3.63) is 64.0 Å². The van der Waals surface area contributed by atoms with Crippen molar-refractivity contribution in [1.29, 1.82) is 0 Å². The first-order chi connectivity index (χ1) is 13.7. The zero-order chi connectivity index (χ0) is 21.4. The number of nitro benzene ring substituents is 1. The van der Waals surface area contributed by atoms with Gasteiger partial charge in [0, 0.05) is 31.5 Å². The summed E-state index contributed by atoms with van der Waals surface area (Å²) in [6.07, 6.45) is -1.75. The lowest BCUT2D eigenvalue weighted by molar-refractivity contribution is -0.385. The minimum atomic E-state index is -4.60. The van der Waals surface area contributed by atoms with Crippen LogP contribution in [0, 0.1) is 10.1 Å². The minimum Gasteiger partial charge on any atom is -0.484 e. The van der Waals surface area contributed by atoms with Gasteiger partial charge in [0.25, 0.3) is 17.5 Å². The fraction of sp³-hybridized carbons (Fsp3) is 0.235. The van der Waals surface area contributed by atoms with Crippen molar-refractivity contribution in [2.75, 3.05) is 19.7 Å². The molecule has 154 valence electrons. The Labute approximate surface area is 162 Å². The molecule has 0 aliphatic rings. The molecule has 2 amide bonds. The molecule has 0 saturated heterocycles. The second-order valence-electron chi connectivity index (χ2n) is 5.59. The lowest BCUT2D eigenvalue weighted by Crippen LogP contribution is -2.35. The van der Waals surface area contributed by atoms with Crippen LogP contribution in [0.3, 0.4) is 0 Å². The van der Waals surface area contributed by atoms with Crippen molar-refractivity contribution >= 4 is 17.5 Å². The highest BCUT2D eigenvalue weighted by atomic mass is 19.4. The van der Waals surface area contributed by atoms with Crippen LogP contribution in [0.15, 0.2) is 42.7 Å². The molecule has 0 radical (unpaired) electrons. The molecule has 12 heteroatoms. The maximum atomic E-state index is 12.3. The van der Waals surface area contributed by atoms with Crippen molar-refractivity contribution in [2.24, 2.45) is 0 Å². The Balaban J connectivity index is 1.97. The molecular weight excluding hydrogens is 397 g/mol. The van der Waals surface area contributed by atoms with Gasteiger partial charge in [0.05, 0.1) is 10.5 Å². The molecule has 0 spiro atoms. The van der Waals surface area contributed by atoms with Gasteiger partial charge in [-0.1, -0.05) is 0 Å².